The molecule has 96 valence electrons. The van der Waals surface area contributed by atoms with Crippen molar-refractivity contribution >= 4 is 12.0 Å². The fourth-order valence-electron chi connectivity index (χ4n) is 2.52. The van der Waals surface area contributed by atoms with Crippen molar-refractivity contribution < 1.29 is 14.7 Å². The highest BCUT2D eigenvalue weighted by atomic mass is 16.4. The maximum atomic E-state index is 12.1. The number of nitrogens with zero attached hydrogens (tertiary/aromatic N) is 2. The first kappa shape index (κ1) is 12.2. The second-order valence-corrected chi connectivity index (χ2v) is 4.90. The number of nitrogens with two attached hydrogens (primary N) is 1. The summed E-state index contributed by atoms with van der Waals surface area (Å²) < 4.78 is 0. The van der Waals surface area contributed by atoms with Gasteiger partial charge in [0, 0.05) is 32.2 Å². The second kappa shape index (κ2) is 4.91. The Bertz CT molecular complexity index is 321. The molecule has 2 aliphatic heterocycles. The molecule has 0 aromatic heterocycles. The van der Waals surface area contributed by atoms with Crippen LogP contribution in [0.25, 0.3) is 0 Å². The predicted molar refractivity (Wildman–Crippen MR) is 61.5 cm³/mol. The molecule has 0 bridgehead atoms. The number of hydrogen-bond donors (Lipinski definition) is 2. The monoisotopic (exact) mass is 241 g/mol. The van der Waals surface area contributed by atoms with E-state index < -0.39 is 11.9 Å². The van der Waals surface area contributed by atoms with Crippen LogP contribution in [0.2, 0.25) is 0 Å². The van der Waals surface area contributed by atoms with Crippen LogP contribution < -0.4 is 5.73 Å². The molecule has 2 atom stereocenters. The highest BCUT2D eigenvalue weighted by molar-refractivity contribution is 5.77. The minimum atomic E-state index is -0.810. The number of likely N-dealkylation sites (tertiary alicyclic amines) is 2. The van der Waals surface area contributed by atoms with Gasteiger partial charge in [-0.15, -0.1) is 0 Å². The first-order valence-electron chi connectivity index (χ1n) is 6.10. The van der Waals surface area contributed by atoms with Gasteiger partial charge in [0.25, 0.3) is 0 Å². The predicted octanol–water partition coefficient (Wildman–Crippen LogP) is -0.0640. The molecule has 2 saturated heterocycles. The molecule has 2 heterocycles. The fraction of sp³-hybridized carbons (Fsp3) is 0.818. The summed E-state index contributed by atoms with van der Waals surface area (Å²) in [5.41, 5.74) is 5.83. The molecular weight excluding hydrogens is 222 g/mol. The highest BCUT2D eigenvalue weighted by Crippen LogP contribution is 2.19. The Morgan fingerprint density at radius 1 is 1.12 bits per heavy atom. The third-order valence-corrected chi connectivity index (χ3v) is 3.54. The number of rotatable bonds is 1. The molecule has 2 unspecified atom stereocenters. The third kappa shape index (κ3) is 2.69. The molecule has 0 aromatic rings. The van der Waals surface area contributed by atoms with Crippen LogP contribution in [0.3, 0.4) is 0 Å². The Kier molecular flexibility index (Phi) is 3.51. The molecular formula is C11H19N3O3. The van der Waals surface area contributed by atoms with Gasteiger partial charge in [0.2, 0.25) is 0 Å². The molecule has 0 aromatic carbocycles. The van der Waals surface area contributed by atoms with E-state index in [2.05, 4.69) is 0 Å². The van der Waals surface area contributed by atoms with Gasteiger partial charge in [-0.05, 0) is 19.3 Å². The van der Waals surface area contributed by atoms with Crippen LogP contribution in [0.1, 0.15) is 19.3 Å². The van der Waals surface area contributed by atoms with E-state index in [1.54, 1.807) is 9.80 Å². The topological polar surface area (TPSA) is 86.9 Å². The Balaban J connectivity index is 1.90. The van der Waals surface area contributed by atoms with Gasteiger partial charge in [-0.2, -0.15) is 0 Å². The van der Waals surface area contributed by atoms with E-state index in [0.717, 1.165) is 19.4 Å². The lowest BCUT2D eigenvalue weighted by Gasteiger charge is -2.33. The standard InChI is InChI=1S/C11H19N3O3/c12-9-2-1-4-13(7-9)11(17)14-5-3-8(6-14)10(15)16/h8-9H,1-7,12H2,(H,15,16). The molecule has 2 rings (SSSR count). The van der Waals surface area contributed by atoms with Crippen LogP contribution in [0.5, 0.6) is 0 Å². The lowest BCUT2D eigenvalue weighted by atomic mass is 10.1. The number of urea groups is 1. The zero-order chi connectivity index (χ0) is 12.4. The third-order valence-electron chi connectivity index (χ3n) is 3.54. The van der Waals surface area contributed by atoms with Gasteiger partial charge in [-0.3, -0.25) is 4.79 Å². The maximum absolute atomic E-state index is 12.1. The number of aliphatic carboxylic acids is 1. The molecule has 2 amide bonds. The number of hydrogen-bond acceptors (Lipinski definition) is 3. The van der Waals surface area contributed by atoms with Crippen LogP contribution in [0.4, 0.5) is 4.79 Å². The molecule has 0 spiro atoms. The first-order valence-corrected chi connectivity index (χ1v) is 6.10. The fourth-order valence-corrected chi connectivity index (χ4v) is 2.52. The summed E-state index contributed by atoms with van der Waals surface area (Å²) in [6.07, 6.45) is 2.45. The van der Waals surface area contributed by atoms with Crippen molar-refractivity contribution in [1.29, 1.82) is 0 Å². The number of carboxylic acids is 1. The Morgan fingerprint density at radius 3 is 2.41 bits per heavy atom. The summed E-state index contributed by atoms with van der Waals surface area (Å²) in [6, 6.07) is 0.00877. The SMILES string of the molecule is NC1CCCN(C(=O)N2CCC(C(=O)O)C2)C1. The Labute approximate surface area is 100 Å². The molecule has 6 nitrogen and oxygen atoms in total. The Hall–Kier alpha value is -1.30. The van der Waals surface area contributed by atoms with E-state index in [4.69, 9.17) is 10.8 Å². The summed E-state index contributed by atoms with van der Waals surface area (Å²) in [7, 11) is 0. The first-order chi connectivity index (χ1) is 8.08. The zero-order valence-corrected chi connectivity index (χ0v) is 9.84. The number of piperidine rings is 1. The second-order valence-electron chi connectivity index (χ2n) is 4.90. The molecule has 0 radical (unpaired) electrons. The van der Waals surface area contributed by atoms with Crippen molar-refractivity contribution in [1.82, 2.24) is 9.80 Å². The van der Waals surface area contributed by atoms with Crippen molar-refractivity contribution in [3.63, 3.8) is 0 Å². The quantitative estimate of drug-likeness (QED) is 0.673. The highest BCUT2D eigenvalue weighted by Gasteiger charge is 2.33. The van der Waals surface area contributed by atoms with Crippen LogP contribution in [-0.4, -0.2) is 59.1 Å². The van der Waals surface area contributed by atoms with Crippen LogP contribution in [0, 0.1) is 5.92 Å². The van der Waals surface area contributed by atoms with Crippen molar-refractivity contribution in [2.24, 2.45) is 11.7 Å². The molecule has 6 heteroatoms. The minimum absolute atomic E-state index is 0.0519. The number of carbonyl (C=O) groups excluding carboxylic acids is 1. The van der Waals surface area contributed by atoms with Gasteiger partial charge in [-0.1, -0.05) is 0 Å². The summed E-state index contributed by atoms with van der Waals surface area (Å²) in [5, 5.41) is 8.89. The van der Waals surface area contributed by atoms with E-state index in [-0.39, 0.29) is 12.1 Å². The Morgan fingerprint density at radius 2 is 1.82 bits per heavy atom. The number of carboxylic acid groups (broad SMARTS) is 1. The summed E-state index contributed by atoms with van der Waals surface area (Å²) in [6.45, 7) is 2.20. The molecule has 2 fully saturated rings. The van der Waals surface area contributed by atoms with Crippen LogP contribution in [0.15, 0.2) is 0 Å². The summed E-state index contributed by atoms with van der Waals surface area (Å²) in [4.78, 5) is 26.3. The lowest BCUT2D eigenvalue weighted by molar-refractivity contribution is -0.141. The maximum Gasteiger partial charge on any atom is 0.320 e. The average molecular weight is 241 g/mol. The smallest absolute Gasteiger partial charge is 0.320 e. The van der Waals surface area contributed by atoms with E-state index in [0.29, 0.717) is 26.1 Å². The zero-order valence-electron chi connectivity index (χ0n) is 9.84. The van der Waals surface area contributed by atoms with Gasteiger partial charge in [0.05, 0.1) is 5.92 Å². The number of amides is 2. The molecule has 0 aliphatic carbocycles. The van der Waals surface area contributed by atoms with Gasteiger partial charge < -0.3 is 20.6 Å². The van der Waals surface area contributed by atoms with Crippen molar-refractivity contribution in [3.8, 4) is 0 Å². The largest absolute Gasteiger partial charge is 0.481 e. The lowest BCUT2D eigenvalue weighted by Crippen LogP contribution is -2.50. The van der Waals surface area contributed by atoms with E-state index in [9.17, 15) is 9.59 Å². The summed E-state index contributed by atoms with van der Waals surface area (Å²) >= 11 is 0. The molecule has 17 heavy (non-hydrogen) atoms. The van der Waals surface area contributed by atoms with Gasteiger partial charge in [0.1, 0.15) is 0 Å². The van der Waals surface area contributed by atoms with Crippen LogP contribution in [-0.2, 0) is 4.79 Å². The minimum Gasteiger partial charge on any atom is -0.481 e. The number of carbonyl (C=O) groups is 2. The van der Waals surface area contributed by atoms with Crippen molar-refractivity contribution in [2.45, 2.75) is 25.3 Å². The normalized spacial score (nSPS) is 29.5. The van der Waals surface area contributed by atoms with Gasteiger partial charge in [0.15, 0.2) is 0 Å². The van der Waals surface area contributed by atoms with Crippen LogP contribution >= 0.6 is 0 Å². The van der Waals surface area contributed by atoms with Gasteiger partial charge >= 0.3 is 12.0 Å². The molecule has 2 aliphatic rings. The summed E-state index contributed by atoms with van der Waals surface area (Å²) in [5.74, 6) is -1.21. The van der Waals surface area contributed by atoms with Crippen molar-refractivity contribution in [2.75, 3.05) is 26.2 Å². The average Bonchev–Trinajstić information content (AvgIpc) is 2.77. The van der Waals surface area contributed by atoms with Crippen molar-refractivity contribution in [3.05, 3.63) is 0 Å². The van der Waals surface area contributed by atoms with Gasteiger partial charge in [-0.25, -0.2) is 4.79 Å². The van der Waals surface area contributed by atoms with E-state index in [1.165, 1.54) is 0 Å². The van der Waals surface area contributed by atoms with E-state index in [1.807, 2.05) is 0 Å². The van der Waals surface area contributed by atoms with E-state index >= 15 is 0 Å². The molecule has 0 saturated carbocycles. The molecule has 3 N–H and O–H groups in total.